The summed E-state index contributed by atoms with van der Waals surface area (Å²) in [6.45, 7) is 92.2. The fourth-order valence-corrected chi connectivity index (χ4v) is 22.2. The first-order valence-electron chi connectivity index (χ1n) is 45.6. The van der Waals surface area contributed by atoms with Gasteiger partial charge in [-0.05, 0) is 143 Å². The Labute approximate surface area is 928 Å². The zero-order valence-corrected chi connectivity index (χ0v) is 106. The number of hydrogen-bond donors (Lipinski definition) is 11. The molecule has 0 aliphatic carbocycles. The van der Waals surface area contributed by atoms with Crippen LogP contribution in [0, 0.1) is 35.5 Å². The monoisotopic (exact) mass is 2430 g/mol. The summed E-state index contributed by atoms with van der Waals surface area (Å²) in [4.78, 5) is 43.6. The standard InChI is InChI=1S/2C11H25NOSi.C10H21NO.2C9H19NO.2C8H19NOSi.2C8H17NO.C7H13NO.C6H11NO.11Ni/c1-6-11(13,10-12-5)14(7-2,8-3)9-4;1-6-12-10-11(5,13)14(7-2,8-3)9-4;1-6-11-7-10(12,8(2)3)9(4)5;1-7(2)9(11,6-10-5)8(3)4;1-5-9(11,8(3)4)7-10-6-2;1-6-8(10,7-9-2)11(3,4)5;1-6-9-7-8(2,10)11(3,4)5;1-5-8(10,6-9-4)7(2)3;1-4-8(10,5-2)7-9-6-3;1-4-7(3,9)6-8-5-2;1-4-6(2,8)5-7-3;;;;;;;;;;;/h2*10,13H,6-9H2,1-5H3;7-9,12H,6H2,1-5H3;6-8,11H,1-5H3;7-8,11H,5-6H2,1-4H3;2*7,10H,6H2,1-5H3;6-7,10H,5H2,1-4H3;7,10H,4-6H2,1-3H3;4,6,9H,1,5H2,2-3H3;4-5,8H,1H2,2-3H3;;;;;;;;;;;. The van der Waals surface area contributed by atoms with E-state index in [4.69, 9.17) is 5.11 Å². The Bertz CT molecular complexity index is 2830. The molecule has 0 aromatic rings. The van der Waals surface area contributed by atoms with Crippen molar-refractivity contribution in [3.8, 4) is 0 Å². The van der Waals surface area contributed by atoms with Crippen LogP contribution >= 0.6 is 0 Å². The van der Waals surface area contributed by atoms with Gasteiger partial charge in [-0.2, -0.15) is 0 Å². The fraction of sp³-hybridized carbons (Fsp3) is 0.842. The SMILES string of the molecule is C=CC(C)(O)C=NC.C=CC(C)(O)C=NCC.CCC(O)(C=NC)C(C)C.CCC(O)(C=NC)[Si](C)(C)C.CCC(O)(C=NC)[Si](CC)(CC)CC.CCN=CC(C)(O)[Si](C)(C)C.CCN=CC(C)(O)[Si](CC)(CC)CC.CCN=CC(O)(C(C)C)C(C)C.CCN=CC(O)(CC)C(C)C.CCN=CC(O)(CC)CC.CN=CC(O)(C(C)C)C(C)C.[Ni].[Ni].[Ni].[Ni].[Ni].[Ni].[Ni].[Ni].[Ni].[Ni].[Ni]. The van der Waals surface area contributed by atoms with Crippen LogP contribution in [0.1, 0.15) is 274 Å². The van der Waals surface area contributed by atoms with E-state index in [-0.39, 0.29) is 217 Å². The van der Waals surface area contributed by atoms with Crippen LogP contribution in [0.2, 0.25) is 75.5 Å². The molecule has 0 amide bonds. The molecular formula is C95H205N11Ni11O11Si4. The molecule has 0 fully saturated rings. The molecule has 22 nitrogen and oxygen atoms in total. The van der Waals surface area contributed by atoms with Crippen molar-refractivity contribution in [3.05, 3.63) is 25.3 Å². The minimum atomic E-state index is -1.59. The van der Waals surface area contributed by atoms with Crippen LogP contribution in [0.4, 0.5) is 0 Å². The Balaban J connectivity index is -0.0000000501. The Morgan fingerprint density at radius 2 is 0.485 bits per heavy atom. The maximum absolute atomic E-state index is 10.6. The molecule has 0 aromatic heterocycles. The first-order valence-corrected chi connectivity index (χ1v) is 57.9. The van der Waals surface area contributed by atoms with Gasteiger partial charge in [0, 0.05) is 324 Å². The number of rotatable bonds is 41. The molecule has 0 rings (SSSR count). The van der Waals surface area contributed by atoms with Gasteiger partial charge in [0.1, 0.15) is 33.6 Å². The maximum atomic E-state index is 10.6. The second-order valence-electron chi connectivity index (χ2n) is 35.8. The van der Waals surface area contributed by atoms with Crippen LogP contribution in [0.25, 0.3) is 0 Å². The predicted molar refractivity (Wildman–Crippen MR) is 556 cm³/mol. The van der Waals surface area contributed by atoms with E-state index in [1.54, 1.807) is 105 Å². The van der Waals surface area contributed by atoms with Gasteiger partial charge in [-0.15, -0.1) is 0 Å². The number of hydrogen-bond acceptors (Lipinski definition) is 22. The molecule has 132 heavy (non-hydrogen) atoms. The van der Waals surface area contributed by atoms with E-state index in [0.717, 1.165) is 108 Å². The molecule has 0 aliphatic rings. The van der Waals surface area contributed by atoms with E-state index in [1.165, 1.54) is 24.6 Å². The van der Waals surface area contributed by atoms with Crippen molar-refractivity contribution in [2.24, 2.45) is 90.4 Å². The van der Waals surface area contributed by atoms with Crippen molar-refractivity contribution in [2.75, 3.05) is 74.5 Å². The van der Waals surface area contributed by atoms with Gasteiger partial charge in [-0.1, -0.05) is 267 Å². The van der Waals surface area contributed by atoms with Gasteiger partial charge in [0.15, 0.2) is 0 Å². The van der Waals surface area contributed by atoms with Crippen molar-refractivity contribution < 1.29 is 238 Å². The van der Waals surface area contributed by atoms with Gasteiger partial charge in [-0.25, -0.2) is 0 Å². The Morgan fingerprint density at radius 1 is 0.250 bits per heavy atom. The van der Waals surface area contributed by atoms with E-state index in [0.29, 0.717) is 6.54 Å². The summed E-state index contributed by atoms with van der Waals surface area (Å²) >= 11 is 0. The first kappa shape index (κ1) is 189. The van der Waals surface area contributed by atoms with Gasteiger partial charge in [-0.3, -0.25) is 54.9 Å². The zero-order valence-electron chi connectivity index (χ0n) is 90.9. The van der Waals surface area contributed by atoms with Crippen LogP contribution in [0.5, 0.6) is 0 Å². The Morgan fingerprint density at radius 3 is 0.674 bits per heavy atom. The molecule has 0 radical (unpaired) electrons. The van der Waals surface area contributed by atoms with Crippen molar-refractivity contribution in [3.63, 3.8) is 0 Å². The van der Waals surface area contributed by atoms with Gasteiger partial charge in [0.2, 0.25) is 0 Å². The molecule has 8 unspecified atom stereocenters. The van der Waals surface area contributed by atoms with Crippen molar-refractivity contribution in [1.82, 2.24) is 0 Å². The van der Waals surface area contributed by atoms with Crippen LogP contribution < -0.4 is 0 Å². The van der Waals surface area contributed by atoms with E-state index < -0.39 is 92.4 Å². The normalized spacial score (nSPS) is 15.3. The molecular weight excluding hydrogens is 2230 g/mol. The van der Waals surface area contributed by atoms with Gasteiger partial charge >= 0.3 is 0 Å². The number of aliphatic hydroxyl groups is 11. The third-order valence-corrected chi connectivity index (χ3v) is 42.6. The largest absolute Gasteiger partial charge is 0.388 e. The maximum Gasteiger partial charge on any atom is 0.114 e. The molecule has 0 aliphatic heterocycles. The third kappa shape index (κ3) is 81.9. The number of nitrogens with zero attached hydrogens (tertiary/aromatic N) is 11. The molecule has 37 heteroatoms. The van der Waals surface area contributed by atoms with Crippen LogP contribution in [0.15, 0.2) is 80.2 Å². The summed E-state index contributed by atoms with van der Waals surface area (Å²) in [5, 5.41) is 106. The topological polar surface area (TPSA) is 358 Å². The molecule has 11 N–H and O–H groups in total. The molecule has 0 saturated heterocycles. The Kier molecular flexibility index (Phi) is 143. The van der Waals surface area contributed by atoms with Crippen molar-refractivity contribution in [1.29, 1.82) is 0 Å². The summed E-state index contributed by atoms with van der Waals surface area (Å²) in [5.74, 6) is 1.34. The van der Waals surface area contributed by atoms with E-state index in [2.05, 4.69) is 156 Å². The summed E-state index contributed by atoms with van der Waals surface area (Å²) in [6, 6.07) is 6.79. The van der Waals surface area contributed by atoms with E-state index >= 15 is 0 Å². The van der Waals surface area contributed by atoms with E-state index in [1.807, 2.05) is 173 Å². The van der Waals surface area contributed by atoms with Crippen molar-refractivity contribution in [2.45, 2.75) is 410 Å². The average Bonchev–Trinajstić information content (AvgIpc) is 0.794. The summed E-state index contributed by atoms with van der Waals surface area (Å²) in [7, 11) is 2.24. The van der Waals surface area contributed by atoms with Gasteiger partial charge < -0.3 is 56.2 Å². The quantitative estimate of drug-likeness (QED) is 0.0155. The molecule has 8 atom stereocenters. The molecule has 832 valence electrons. The van der Waals surface area contributed by atoms with E-state index in [9.17, 15) is 51.1 Å². The summed E-state index contributed by atoms with van der Waals surface area (Å²) in [5.41, 5.74) is -5.41. The first-order chi connectivity index (χ1) is 55.2. The molecule has 0 aromatic carbocycles. The fourth-order valence-electron chi connectivity index (χ4n) is 11.7. The second-order valence-corrected chi connectivity index (χ2v) is 57.9. The summed E-state index contributed by atoms with van der Waals surface area (Å²) in [6.07, 6.45) is 25.6. The van der Waals surface area contributed by atoms with Gasteiger partial charge in [0.05, 0.1) is 58.8 Å². The minimum absolute atomic E-state index is 0. The molecule has 0 bridgehead atoms. The predicted octanol–water partition coefficient (Wildman–Crippen LogP) is 19.6. The summed E-state index contributed by atoms with van der Waals surface area (Å²) < 4.78 is 0. The third-order valence-electron chi connectivity index (χ3n) is 23.7. The molecule has 0 spiro atoms. The average molecular weight is 2440 g/mol. The second kappa shape index (κ2) is 100. The van der Waals surface area contributed by atoms with Crippen LogP contribution in [0.3, 0.4) is 0 Å². The number of aliphatic imine (C=N–C) groups is 11. The smallest absolute Gasteiger partial charge is 0.114 e. The minimum Gasteiger partial charge on any atom is -0.388 e. The Hall–Kier alpha value is 1.71. The molecule has 0 heterocycles. The molecule has 0 saturated carbocycles. The van der Waals surface area contributed by atoms with Crippen LogP contribution in [-0.4, -0.2) is 291 Å². The zero-order chi connectivity index (χ0) is 98.7. The van der Waals surface area contributed by atoms with Crippen LogP contribution in [-0.2, 0) is 181 Å². The van der Waals surface area contributed by atoms with Crippen molar-refractivity contribution >= 4 is 101 Å². The van der Waals surface area contributed by atoms with Gasteiger partial charge in [0.25, 0.3) is 0 Å².